The Balaban J connectivity index is 1.88. The molecule has 0 aromatic rings. The summed E-state index contributed by atoms with van der Waals surface area (Å²) in [7, 11) is -8.20. The van der Waals surface area contributed by atoms with Gasteiger partial charge >= 0.3 is 53.1 Å². The Morgan fingerprint density at radius 2 is 0.788 bits per heavy atom. The van der Waals surface area contributed by atoms with Crippen molar-refractivity contribution in [2.24, 2.45) is 60.3 Å². The first-order chi connectivity index (χ1) is 56.1. The largest absolute Gasteiger partial charge is 0.500 e. The number of allylic oxidation sites excluding steroid dienone is 6. The minimum atomic E-state index is -3.08. The van der Waals surface area contributed by atoms with Crippen LogP contribution in [0, 0.1) is 45.3 Å². The molecule has 4 amide bonds. The van der Waals surface area contributed by atoms with Crippen LogP contribution in [0.5, 0.6) is 0 Å². The van der Waals surface area contributed by atoms with E-state index in [-0.39, 0.29) is 94.4 Å². The summed E-state index contributed by atoms with van der Waals surface area (Å²) in [6.07, 6.45) is 4.38. The van der Waals surface area contributed by atoms with Gasteiger partial charge < -0.3 is 93.9 Å². The molecule has 0 saturated carbocycles. The molecule has 1 saturated heterocycles. The van der Waals surface area contributed by atoms with E-state index in [0.29, 0.717) is 201 Å². The van der Waals surface area contributed by atoms with Crippen molar-refractivity contribution in [2.45, 2.75) is 271 Å². The maximum atomic E-state index is 14.8. The molecule has 0 spiro atoms. The van der Waals surface area contributed by atoms with E-state index in [1.807, 2.05) is 131 Å². The molecule has 5 aliphatic rings. The maximum Gasteiger partial charge on any atom is 0.500 e. The highest BCUT2D eigenvalue weighted by atomic mass is 28.4. The number of hydrogen-bond donors (Lipinski definition) is 5. The molecule has 9 atom stereocenters. The topological polar surface area (TPSA) is 355 Å². The first-order valence-electron chi connectivity index (χ1n) is 43.8. The first-order valence-corrected chi connectivity index (χ1v) is 51.5. The number of hydrogen-bond acceptors (Lipinski definition) is 26. The molecule has 5 rings (SSSR count). The molecule has 9 unspecified atom stereocenters. The lowest BCUT2D eigenvalue weighted by atomic mass is 9.55. The summed E-state index contributed by atoms with van der Waals surface area (Å²) >= 11 is 0. The predicted molar refractivity (Wildman–Crippen MR) is 462 cm³/mol. The van der Waals surface area contributed by atoms with E-state index < -0.39 is 110 Å². The smallest absolute Gasteiger partial charge is 0.469 e. The second kappa shape index (κ2) is 48.7. The van der Waals surface area contributed by atoms with Gasteiger partial charge in [-0.05, 0) is 172 Å². The van der Waals surface area contributed by atoms with Crippen molar-refractivity contribution in [1.82, 2.24) is 26.6 Å². The number of ether oxygens (including phenoxy) is 3. The van der Waals surface area contributed by atoms with E-state index in [0.717, 1.165) is 0 Å². The van der Waals surface area contributed by atoms with Gasteiger partial charge in [0.2, 0.25) is 23.6 Å². The van der Waals surface area contributed by atoms with Crippen molar-refractivity contribution in [2.75, 3.05) is 127 Å². The predicted octanol–water partition coefficient (Wildman–Crippen LogP) is 12.1. The van der Waals surface area contributed by atoms with E-state index in [4.69, 9.17) is 82.3 Å². The highest BCUT2D eigenvalue weighted by molar-refractivity contribution is 6.62. The van der Waals surface area contributed by atoms with E-state index in [1.165, 1.54) is 21.3 Å². The lowest BCUT2D eigenvalue weighted by Crippen LogP contribution is -2.55. The van der Waals surface area contributed by atoms with Crippen molar-refractivity contribution < 1.29 is 101 Å². The standard InChI is InChI=1S/C84H150N8O22Si4/c1-24-103-115(104-25-2,105-26-3)52-36-48-85-68(93)43-40-62-66-57-67-80(15,16)63(41-44-69(94)86-49-37-53-116(106-27-4,107-28-5)108-29-6)75(90-67)60(13)77-81(17,47-46-71(96)88-51-39-55-118(112-33-10,113-34-11)114-35-12)65(56-72(97)100-21)79(91-77)84(20)83(19,59-74(99)102-23)64(76(92-84)61(14)78(89-66)82(62,18)58-73(98)101-22)42-45-70(95)87-50-38-54-117(109-30-7,110-31-8)111-32-9/h57,62-65,79,89H,24-56,58-59H2,1-23H3,(H,85,93)(H,86,94)(H,87,95)(H,88,96)/b66-57-,75-60?,78-61-. The fraction of sp³-hybridized carbons (Fsp3) is 0.810. The molecule has 30 nitrogen and oxygen atoms in total. The summed E-state index contributed by atoms with van der Waals surface area (Å²) in [6, 6.07) is 0.943. The highest BCUT2D eigenvalue weighted by Crippen LogP contribution is 2.63. The number of rotatable bonds is 58. The van der Waals surface area contributed by atoms with E-state index in [2.05, 4.69) is 40.4 Å². The van der Waals surface area contributed by atoms with E-state index >= 15 is 0 Å². The van der Waals surface area contributed by atoms with Crippen LogP contribution in [0.1, 0.15) is 235 Å². The summed E-state index contributed by atoms with van der Waals surface area (Å²) in [5, 5.41) is 16.6. The number of aliphatic imine (C=N–C) groups is 3. The summed E-state index contributed by atoms with van der Waals surface area (Å²) in [6.45, 7) is 45.1. The molecule has 0 aliphatic carbocycles. The Hall–Kier alpha value is -5.29. The number of fused-ring (bicyclic) bond motifs is 6. The van der Waals surface area contributed by atoms with Crippen LogP contribution in [-0.4, -0.2) is 232 Å². The highest BCUT2D eigenvalue weighted by Gasteiger charge is 2.67. The Labute approximate surface area is 709 Å². The maximum absolute atomic E-state index is 14.8. The molecule has 0 radical (unpaired) electrons. The molecule has 34 heteroatoms. The van der Waals surface area contributed by atoms with Crippen LogP contribution in [0.15, 0.2) is 49.3 Å². The fourth-order valence-electron chi connectivity index (χ4n) is 18.5. The van der Waals surface area contributed by atoms with Crippen LogP contribution in [-0.2, 0) is 101 Å². The third-order valence-corrected chi connectivity index (χ3v) is 36.9. The Bertz CT molecular complexity index is 3420. The second-order valence-electron chi connectivity index (χ2n) is 32.2. The molecule has 674 valence electrons. The number of nitrogens with zero attached hydrogens (tertiary/aromatic N) is 3. The summed E-state index contributed by atoms with van der Waals surface area (Å²) < 4.78 is 91.0. The third kappa shape index (κ3) is 26.2. The molecule has 5 heterocycles. The molecular weight excluding hydrogens is 1590 g/mol. The number of nitrogens with one attached hydrogen (secondary N) is 5. The fourth-order valence-corrected chi connectivity index (χ4v) is 28.9. The van der Waals surface area contributed by atoms with Gasteiger partial charge in [-0.2, -0.15) is 0 Å². The lowest BCUT2D eigenvalue weighted by Gasteiger charge is -2.48. The molecule has 0 aromatic heterocycles. The molecule has 0 aromatic carbocycles. The van der Waals surface area contributed by atoms with Crippen LogP contribution in [0.25, 0.3) is 0 Å². The number of methoxy groups -OCH3 is 3. The van der Waals surface area contributed by atoms with Crippen LogP contribution in [0.4, 0.5) is 0 Å². The van der Waals surface area contributed by atoms with Crippen LogP contribution < -0.4 is 26.6 Å². The molecule has 5 aliphatic heterocycles. The first kappa shape index (κ1) is 103. The minimum Gasteiger partial charge on any atom is -0.469 e. The zero-order chi connectivity index (χ0) is 87.8. The van der Waals surface area contributed by atoms with Gasteiger partial charge in [-0.1, -0.05) is 34.6 Å². The molecule has 118 heavy (non-hydrogen) atoms. The monoisotopic (exact) mass is 1730 g/mol. The van der Waals surface area contributed by atoms with Crippen molar-refractivity contribution in [3.05, 3.63) is 34.3 Å². The van der Waals surface area contributed by atoms with Gasteiger partial charge in [0, 0.05) is 235 Å². The molecule has 5 N–H and O–H groups in total. The van der Waals surface area contributed by atoms with Crippen molar-refractivity contribution in [3.63, 3.8) is 0 Å². The number of esters is 3. The molecule has 1 fully saturated rings. The average Bonchev–Trinajstić information content (AvgIpc) is 1.53. The normalized spacial score (nSPS) is 24.7. The van der Waals surface area contributed by atoms with Crippen LogP contribution in [0.2, 0.25) is 24.2 Å². The Morgan fingerprint density at radius 3 is 1.15 bits per heavy atom. The van der Waals surface area contributed by atoms with E-state index in [1.54, 1.807) is 0 Å². The zero-order valence-electron chi connectivity index (χ0n) is 76.0. The summed E-state index contributed by atoms with van der Waals surface area (Å²) in [5.41, 5.74) is -1.14. The number of carbonyl (C=O) groups excluding carboxylic acids is 7. The molecule has 8 bridgehead atoms. The Morgan fingerprint density at radius 1 is 0.441 bits per heavy atom. The van der Waals surface area contributed by atoms with Crippen molar-refractivity contribution in [1.29, 1.82) is 0 Å². The van der Waals surface area contributed by atoms with Gasteiger partial charge in [0.15, 0.2) is 0 Å². The van der Waals surface area contributed by atoms with Crippen LogP contribution >= 0.6 is 0 Å². The number of amides is 4. The summed E-state index contributed by atoms with van der Waals surface area (Å²) in [4.78, 5) is 121. The number of carbonyl (C=O) groups is 7. The van der Waals surface area contributed by atoms with Gasteiger partial charge in [-0.3, -0.25) is 48.5 Å². The third-order valence-electron chi connectivity index (χ3n) is 24.3. The van der Waals surface area contributed by atoms with Gasteiger partial charge in [0.25, 0.3) is 0 Å². The average molecular weight is 1740 g/mol. The SMILES string of the molecule is CCO[Si](CCCNC(=O)CCC1C2=C(C)C3=NC(C(CC(=O)OC)C3(C)CCC(=O)NCCC[Si](OCC)(OCC)OCC)C3(C)N=C(/C(C)=C4\N/C(=C\C(=N2)C1(C)C)C(CCC(=O)NCCC[Si](OCC)(OCC)OCC)C4(C)CC(=O)OC)C(CCC(=O)NCCC[Si](OCC)(OCC)OCC)C3(C)CC(=O)OC)(OCC)OCC. The Kier molecular flexibility index (Phi) is 42.6. The van der Waals surface area contributed by atoms with Gasteiger partial charge in [-0.25, -0.2) is 0 Å². The van der Waals surface area contributed by atoms with Crippen LogP contribution in [0.3, 0.4) is 0 Å². The van der Waals surface area contributed by atoms with Gasteiger partial charge in [0.05, 0.1) is 52.2 Å². The molecular formula is C84H150N8O22Si4. The van der Waals surface area contributed by atoms with Crippen molar-refractivity contribution in [3.8, 4) is 0 Å². The quantitative estimate of drug-likeness (QED) is 0.0163. The van der Waals surface area contributed by atoms with E-state index in [9.17, 15) is 33.6 Å². The zero-order valence-corrected chi connectivity index (χ0v) is 80.0. The minimum absolute atomic E-state index is 0.0198. The second-order valence-corrected chi connectivity index (χ2v) is 43.1. The lowest BCUT2D eigenvalue weighted by molar-refractivity contribution is -0.146. The summed E-state index contributed by atoms with van der Waals surface area (Å²) in [5.74, 6) is -5.21. The van der Waals surface area contributed by atoms with Gasteiger partial charge in [0.1, 0.15) is 0 Å². The van der Waals surface area contributed by atoms with Crippen molar-refractivity contribution >= 4 is 93.9 Å². The van der Waals surface area contributed by atoms with Gasteiger partial charge in [-0.15, -0.1) is 0 Å².